The van der Waals surface area contributed by atoms with Crippen molar-refractivity contribution >= 4 is 242 Å². The first-order chi connectivity index (χ1) is 42.4. The molecular formula is C45H81B33O11V2. The molecule has 0 amide bonds. The SMILES string of the molecule is C=Cc1ccc2c(c1)OCCOCCOCCOCCO2.C=Cc1ccc2c(c1)OCCOCCOCCOCCOCCO2.[B]B([B])B([B]B(B(B([B])[B])B([B])C)B(B(C)C)B(C)C)B([B])[B]C.[B]B([B])B([B]B(B([B])[B]C)B(B(C)C)B(C)C)B([B])[B].[V].[V]. The Morgan fingerprint density at radius 2 is 0.604 bits per heavy atom. The summed E-state index contributed by atoms with van der Waals surface area (Å²) in [5.41, 5.74) is 1.96. The van der Waals surface area contributed by atoms with E-state index in [-0.39, 0.29) is 88.3 Å². The molecule has 0 spiro atoms. The van der Waals surface area contributed by atoms with E-state index in [1.807, 2.05) is 71.2 Å². The van der Waals surface area contributed by atoms with Gasteiger partial charge >= 0.3 is 0 Å². The minimum atomic E-state index is -0.568. The molecule has 0 bridgehead atoms. The van der Waals surface area contributed by atoms with Crippen LogP contribution in [0.3, 0.4) is 0 Å². The normalized spacial score (nSPS) is 13.7. The third-order valence-corrected chi connectivity index (χ3v) is 15.6. The van der Waals surface area contributed by atoms with Gasteiger partial charge in [0, 0.05) is 226 Å². The topological polar surface area (TPSA) is 102 Å². The first-order valence-electron chi connectivity index (χ1n) is 32.1. The number of hydrogen-bond donors (Lipinski definition) is 0. The smallest absolute Gasteiger partial charge is 0.161 e. The largest absolute Gasteiger partial charge is 0.487 e. The van der Waals surface area contributed by atoms with E-state index >= 15 is 0 Å². The quantitative estimate of drug-likeness (QED) is 0.125. The molecule has 0 aliphatic carbocycles. The molecule has 0 aromatic heterocycles. The Bertz CT molecular complexity index is 2070. The molecule has 0 N–H and O–H groups in total. The van der Waals surface area contributed by atoms with Gasteiger partial charge in [0.2, 0.25) is 0 Å². The van der Waals surface area contributed by atoms with E-state index in [1.54, 1.807) is 12.2 Å². The zero-order chi connectivity index (χ0) is 66.8. The van der Waals surface area contributed by atoms with Gasteiger partial charge in [-0.05, 0) is 35.4 Å². The van der Waals surface area contributed by atoms with Crippen LogP contribution in [-0.4, -0.2) is 348 Å². The minimum absolute atomic E-state index is 0. The second-order valence-corrected chi connectivity index (χ2v) is 23.9. The molecule has 0 fully saturated rings. The molecule has 2 aromatic rings. The van der Waals surface area contributed by atoms with Gasteiger partial charge in [-0.25, -0.2) is 0 Å². The predicted molar refractivity (Wildman–Crippen MR) is 425 cm³/mol. The van der Waals surface area contributed by atoms with Crippen molar-refractivity contribution in [3.05, 3.63) is 60.7 Å². The summed E-state index contributed by atoms with van der Waals surface area (Å²) in [6, 6.07) is 11.4. The molecule has 0 saturated carbocycles. The van der Waals surface area contributed by atoms with Crippen molar-refractivity contribution in [2.75, 3.05) is 119 Å². The van der Waals surface area contributed by atoms with Gasteiger partial charge in [0.25, 0.3) is 0 Å². The van der Waals surface area contributed by atoms with Crippen molar-refractivity contribution in [3.8, 4) is 23.0 Å². The standard InChI is InChI=1S/C18H26O6.C16H22O5.C6H18B18.C5H15B15.2V/c1-2-16-3-4-17-18(15-16)24-14-12-22-10-8-20-6-5-19-7-9-21-11-13-23-17;1-2-14-3-4-15-16(13-14)21-12-10-19-8-6-17-5-7-18-9-11-20-15;1-13-20(12)21(18(8)9)14-22(23(15(2)3)16(4)5)24(17(6)7)19(10)11;1-11-17(10)19(20(13(2)3)14(4)5)12-18(15(6)7)16(8)9;;/h2-4,15H,1,5-14H2;2-4,13H,1,5-12H2;1-6H3;1-5H3;;. The molecule has 91 heavy (non-hydrogen) atoms. The van der Waals surface area contributed by atoms with E-state index in [0.717, 1.165) is 11.1 Å². The van der Waals surface area contributed by atoms with Gasteiger partial charge in [0.05, 0.1) is 133 Å². The van der Waals surface area contributed by atoms with Gasteiger partial charge in [-0.3, -0.25) is 0 Å². The average Bonchev–Trinajstić information content (AvgIpc) is 1.01. The summed E-state index contributed by atoms with van der Waals surface area (Å²) >= 11 is 0. The summed E-state index contributed by atoms with van der Waals surface area (Å²) in [7, 11) is 74.5. The summed E-state index contributed by atoms with van der Waals surface area (Å²) in [5.74, 6) is 2.76. The van der Waals surface area contributed by atoms with Crippen LogP contribution in [0.4, 0.5) is 0 Å². The van der Waals surface area contributed by atoms with Crippen molar-refractivity contribution in [2.45, 2.75) is 75.1 Å². The molecular weight excluding hydrogens is 1180 g/mol. The fourth-order valence-electron chi connectivity index (χ4n) is 11.2. The van der Waals surface area contributed by atoms with E-state index in [9.17, 15) is 0 Å². The molecule has 0 atom stereocenters. The Labute approximate surface area is 603 Å². The monoisotopic (exact) mass is 1260 g/mol. The van der Waals surface area contributed by atoms with Crippen LogP contribution >= 0.6 is 0 Å². The van der Waals surface area contributed by atoms with Crippen LogP contribution in [0.5, 0.6) is 23.0 Å². The minimum Gasteiger partial charge on any atom is -0.487 e. The van der Waals surface area contributed by atoms with E-state index < -0.39 is 25.5 Å². The van der Waals surface area contributed by atoms with Crippen LogP contribution in [-0.2, 0) is 70.3 Å². The van der Waals surface area contributed by atoms with Crippen LogP contribution < -0.4 is 18.9 Å². The van der Waals surface area contributed by atoms with Crippen LogP contribution in [0.15, 0.2) is 49.6 Å². The van der Waals surface area contributed by atoms with Gasteiger partial charge in [-0.2, -0.15) is 0 Å². The van der Waals surface area contributed by atoms with Gasteiger partial charge in [-0.15, -0.1) is 20.5 Å². The van der Waals surface area contributed by atoms with Crippen LogP contribution in [0.25, 0.3) is 12.2 Å². The summed E-state index contributed by atoms with van der Waals surface area (Å²) < 4.78 is 60.9. The Morgan fingerprint density at radius 1 is 0.341 bits per heavy atom. The number of hydrogen-bond acceptors (Lipinski definition) is 11. The third kappa shape index (κ3) is 39.5. The molecule has 0 unspecified atom stereocenters. The van der Waals surface area contributed by atoms with E-state index in [2.05, 4.69) is 81.9 Å². The summed E-state index contributed by atoms with van der Waals surface area (Å²) in [6.45, 7) is 42.2. The summed E-state index contributed by atoms with van der Waals surface area (Å²) in [6.07, 6.45) is 1.68. The molecule has 0 saturated heterocycles. The first-order valence-corrected chi connectivity index (χ1v) is 32.1. The summed E-state index contributed by atoms with van der Waals surface area (Å²) in [5, 5.41) is 0. The van der Waals surface area contributed by atoms with Crippen molar-refractivity contribution in [2.24, 2.45) is 0 Å². The van der Waals surface area contributed by atoms with Crippen molar-refractivity contribution in [1.82, 2.24) is 0 Å². The molecule has 4 rings (SSSR count). The average molecular weight is 1260 g/mol. The Morgan fingerprint density at radius 3 is 0.857 bits per heavy atom. The zero-order valence-electron chi connectivity index (χ0n) is 57.2. The second-order valence-electron chi connectivity index (χ2n) is 23.9. The van der Waals surface area contributed by atoms with E-state index in [4.69, 9.17) is 137 Å². The molecule has 2 aromatic carbocycles. The zero-order valence-corrected chi connectivity index (χ0v) is 60.0. The molecule has 28 radical (unpaired) electrons. The molecule has 46 heteroatoms. The number of ether oxygens (including phenoxy) is 11. The van der Waals surface area contributed by atoms with Gasteiger partial charge in [0.15, 0.2) is 23.0 Å². The van der Waals surface area contributed by atoms with Crippen molar-refractivity contribution < 1.29 is 89.2 Å². The molecule has 436 valence electrons. The van der Waals surface area contributed by atoms with E-state index in [1.165, 1.54) is 0 Å². The Hall–Kier alpha value is 0.152. The van der Waals surface area contributed by atoms with E-state index in [0.29, 0.717) is 181 Å². The maximum Gasteiger partial charge on any atom is 0.161 e. The van der Waals surface area contributed by atoms with Gasteiger partial charge in [0.1, 0.15) is 26.4 Å². The number of rotatable bonds is 22. The maximum atomic E-state index is 6.29. The molecule has 11 nitrogen and oxygen atoms in total. The predicted octanol–water partition coefficient (Wildman–Crippen LogP) is -1.83. The molecule has 2 heterocycles. The van der Waals surface area contributed by atoms with Crippen LogP contribution in [0.2, 0.25) is 75.1 Å². The third-order valence-electron chi connectivity index (χ3n) is 15.6. The Kier molecular flexibility index (Phi) is 57.3. The molecule has 2 aliphatic heterocycles. The fraction of sp³-hybridized carbons (Fsp3) is 0.644. The first kappa shape index (κ1) is 93.2. The summed E-state index contributed by atoms with van der Waals surface area (Å²) in [4.78, 5) is 0. The van der Waals surface area contributed by atoms with Crippen LogP contribution in [0.1, 0.15) is 11.1 Å². The molecule has 2 aliphatic rings. The maximum absolute atomic E-state index is 6.29. The van der Waals surface area contributed by atoms with Crippen molar-refractivity contribution in [1.29, 1.82) is 0 Å². The number of fused-ring (bicyclic) bond motifs is 2. The van der Waals surface area contributed by atoms with Crippen molar-refractivity contribution in [3.63, 3.8) is 0 Å². The van der Waals surface area contributed by atoms with Gasteiger partial charge in [-0.1, -0.05) is 92.0 Å². The number of benzene rings is 2. The second kappa shape index (κ2) is 56.0. The Balaban J connectivity index is 0. The van der Waals surface area contributed by atoms with Gasteiger partial charge < -0.3 is 52.1 Å². The van der Waals surface area contributed by atoms with Crippen LogP contribution in [0, 0.1) is 0 Å². The fourth-order valence-corrected chi connectivity index (χ4v) is 11.2.